The van der Waals surface area contributed by atoms with Gasteiger partial charge in [0.15, 0.2) is 0 Å². The smallest absolute Gasteiger partial charge is 0.135 e. The number of aliphatic hydroxyl groups excluding tert-OH is 3. The van der Waals surface area contributed by atoms with Gasteiger partial charge in [-0.2, -0.15) is 0 Å². The van der Waals surface area contributed by atoms with Crippen LogP contribution >= 0.6 is 15.9 Å². The molecule has 0 unspecified atom stereocenters. The molecule has 0 bridgehead atoms. The predicted molar refractivity (Wildman–Crippen MR) is 118 cm³/mol. The first-order chi connectivity index (χ1) is 14.4. The minimum Gasteiger partial charge on any atom is -0.394 e. The number of hydrogen-bond acceptors (Lipinski definition) is 6. The molecule has 1 aliphatic heterocycles. The Morgan fingerprint density at radius 2 is 1.63 bits per heavy atom. The summed E-state index contributed by atoms with van der Waals surface area (Å²) in [6.45, 7) is -0.727. The van der Waals surface area contributed by atoms with Crippen LogP contribution in [0, 0.1) is 0 Å². The molecular formula is C23H35BrO6. The number of Topliss-reactive ketones (excluding diaryl/α,β-unsaturated/α-hetero) is 1. The Kier molecular flexibility index (Phi) is 10.9. The Labute approximate surface area is 187 Å². The SMILES string of the molecule is O=C(CCCCCCCCCc1ccc(Br)cc1)C[C@@]1(O)CO[C@H](CO)[C@H](O)[C@@H]1O. The van der Waals surface area contributed by atoms with Gasteiger partial charge >= 0.3 is 0 Å². The third-order valence-electron chi connectivity index (χ3n) is 5.82. The summed E-state index contributed by atoms with van der Waals surface area (Å²) in [6, 6.07) is 8.46. The van der Waals surface area contributed by atoms with Crippen molar-refractivity contribution in [1.82, 2.24) is 0 Å². The zero-order valence-electron chi connectivity index (χ0n) is 17.5. The van der Waals surface area contributed by atoms with Crippen molar-refractivity contribution < 1.29 is 30.0 Å². The number of ether oxygens (including phenoxy) is 1. The van der Waals surface area contributed by atoms with Crippen LogP contribution in [0.4, 0.5) is 0 Å². The number of aliphatic hydroxyl groups is 4. The second-order valence-electron chi connectivity index (χ2n) is 8.39. The maximum atomic E-state index is 12.2. The van der Waals surface area contributed by atoms with Crippen LogP contribution in [-0.2, 0) is 16.0 Å². The Morgan fingerprint density at radius 1 is 1.03 bits per heavy atom. The Hall–Kier alpha value is -0.830. The predicted octanol–water partition coefficient (Wildman–Crippen LogP) is 2.92. The van der Waals surface area contributed by atoms with E-state index in [1.807, 2.05) is 0 Å². The quantitative estimate of drug-likeness (QED) is 0.319. The topological polar surface area (TPSA) is 107 Å². The number of hydrogen-bond donors (Lipinski definition) is 4. The number of benzene rings is 1. The van der Waals surface area contributed by atoms with E-state index in [4.69, 9.17) is 9.84 Å². The highest BCUT2D eigenvalue weighted by atomic mass is 79.9. The lowest BCUT2D eigenvalue weighted by Gasteiger charge is -2.42. The first kappa shape index (κ1) is 25.4. The number of rotatable bonds is 13. The molecule has 1 fully saturated rings. The Bertz CT molecular complexity index is 637. The van der Waals surface area contributed by atoms with Crippen LogP contribution in [0.2, 0.25) is 0 Å². The van der Waals surface area contributed by atoms with Gasteiger partial charge < -0.3 is 25.2 Å². The van der Waals surface area contributed by atoms with E-state index in [1.165, 1.54) is 24.8 Å². The molecule has 0 aromatic heterocycles. The second-order valence-corrected chi connectivity index (χ2v) is 9.30. The van der Waals surface area contributed by atoms with Crippen LogP contribution in [0.5, 0.6) is 0 Å². The molecule has 170 valence electrons. The molecule has 4 atom stereocenters. The molecule has 0 aliphatic carbocycles. The highest BCUT2D eigenvalue weighted by Gasteiger charge is 2.48. The molecule has 1 aliphatic rings. The molecule has 1 heterocycles. The molecule has 30 heavy (non-hydrogen) atoms. The van der Waals surface area contributed by atoms with E-state index in [0.717, 1.165) is 36.6 Å². The summed E-state index contributed by atoms with van der Waals surface area (Å²) < 4.78 is 6.29. The zero-order valence-corrected chi connectivity index (χ0v) is 19.1. The van der Waals surface area contributed by atoms with E-state index >= 15 is 0 Å². The molecule has 0 radical (unpaired) electrons. The van der Waals surface area contributed by atoms with E-state index in [9.17, 15) is 20.1 Å². The Morgan fingerprint density at radius 3 is 2.27 bits per heavy atom. The first-order valence-corrected chi connectivity index (χ1v) is 11.7. The van der Waals surface area contributed by atoms with E-state index in [2.05, 4.69) is 40.2 Å². The fraction of sp³-hybridized carbons (Fsp3) is 0.696. The molecular weight excluding hydrogens is 452 g/mol. The molecule has 0 saturated carbocycles. The normalized spacial score (nSPS) is 26.6. The van der Waals surface area contributed by atoms with Gasteiger partial charge in [-0.3, -0.25) is 4.79 Å². The third-order valence-corrected chi connectivity index (χ3v) is 6.35. The summed E-state index contributed by atoms with van der Waals surface area (Å²) in [6.07, 6.45) is 4.88. The maximum Gasteiger partial charge on any atom is 0.135 e. The van der Waals surface area contributed by atoms with Crippen LogP contribution in [0.1, 0.15) is 63.4 Å². The van der Waals surface area contributed by atoms with Crippen molar-refractivity contribution in [3.63, 3.8) is 0 Å². The number of ketones is 1. The van der Waals surface area contributed by atoms with Crippen LogP contribution in [0.25, 0.3) is 0 Å². The number of carbonyl (C=O) groups is 1. The lowest BCUT2D eigenvalue weighted by atomic mass is 9.83. The van der Waals surface area contributed by atoms with E-state index in [0.29, 0.717) is 6.42 Å². The van der Waals surface area contributed by atoms with Crippen molar-refractivity contribution in [3.8, 4) is 0 Å². The van der Waals surface area contributed by atoms with Crippen molar-refractivity contribution in [2.24, 2.45) is 0 Å². The van der Waals surface area contributed by atoms with Gasteiger partial charge in [-0.1, -0.05) is 60.2 Å². The fourth-order valence-corrected chi connectivity index (χ4v) is 4.15. The van der Waals surface area contributed by atoms with Gasteiger partial charge in [0, 0.05) is 17.3 Å². The lowest BCUT2D eigenvalue weighted by molar-refractivity contribution is -0.240. The van der Waals surface area contributed by atoms with E-state index in [1.54, 1.807) is 0 Å². The molecule has 1 aromatic rings. The summed E-state index contributed by atoms with van der Waals surface area (Å²) in [5, 5.41) is 39.5. The van der Waals surface area contributed by atoms with Gasteiger partial charge in [0.2, 0.25) is 0 Å². The molecule has 0 spiro atoms. The highest BCUT2D eigenvalue weighted by Crippen LogP contribution is 2.28. The van der Waals surface area contributed by atoms with Crippen molar-refractivity contribution in [2.45, 2.75) is 88.1 Å². The number of halogens is 1. The monoisotopic (exact) mass is 486 g/mol. The van der Waals surface area contributed by atoms with Crippen molar-refractivity contribution in [2.75, 3.05) is 13.2 Å². The van der Waals surface area contributed by atoms with Crippen LogP contribution in [-0.4, -0.2) is 63.3 Å². The van der Waals surface area contributed by atoms with Gasteiger partial charge in [-0.15, -0.1) is 0 Å². The summed E-state index contributed by atoms with van der Waals surface area (Å²) in [5.41, 5.74) is -0.428. The second kappa shape index (κ2) is 12.9. The highest BCUT2D eigenvalue weighted by molar-refractivity contribution is 9.10. The lowest BCUT2D eigenvalue weighted by Crippen LogP contribution is -2.62. The standard InChI is InChI=1S/C23H35BrO6/c24-18-12-10-17(11-13-18)8-6-4-2-1-3-5-7-9-19(26)14-23(29)16-30-20(15-25)21(27)22(23)28/h10-13,20-22,25,27-29H,1-9,14-16H2/t20-,21+,22+,23-/m1/s1. The Balaban J connectivity index is 1.51. The minimum absolute atomic E-state index is 0.149. The summed E-state index contributed by atoms with van der Waals surface area (Å²) >= 11 is 3.45. The molecule has 0 amide bonds. The third kappa shape index (κ3) is 8.02. The van der Waals surface area contributed by atoms with Gasteiger partial charge in [0.1, 0.15) is 29.7 Å². The van der Waals surface area contributed by atoms with E-state index in [-0.39, 0.29) is 18.8 Å². The van der Waals surface area contributed by atoms with Gasteiger partial charge in [0.25, 0.3) is 0 Å². The molecule has 1 saturated heterocycles. The van der Waals surface area contributed by atoms with Crippen LogP contribution in [0.3, 0.4) is 0 Å². The largest absolute Gasteiger partial charge is 0.394 e. The van der Waals surface area contributed by atoms with Gasteiger partial charge in [-0.05, 0) is 37.0 Å². The fourth-order valence-electron chi connectivity index (χ4n) is 3.89. The number of carbonyl (C=O) groups excluding carboxylic acids is 1. The first-order valence-electron chi connectivity index (χ1n) is 10.9. The van der Waals surface area contributed by atoms with E-state index < -0.39 is 30.5 Å². The van der Waals surface area contributed by atoms with Crippen LogP contribution in [0.15, 0.2) is 28.7 Å². The minimum atomic E-state index is -1.79. The average molecular weight is 487 g/mol. The molecule has 2 rings (SSSR count). The molecule has 6 nitrogen and oxygen atoms in total. The number of aryl methyl sites for hydroxylation is 1. The molecule has 7 heteroatoms. The molecule has 4 N–H and O–H groups in total. The molecule has 1 aromatic carbocycles. The van der Waals surface area contributed by atoms with Crippen LogP contribution < -0.4 is 0 Å². The number of unbranched alkanes of at least 4 members (excludes halogenated alkanes) is 6. The van der Waals surface area contributed by atoms with Gasteiger partial charge in [0.05, 0.1) is 13.2 Å². The average Bonchev–Trinajstić information content (AvgIpc) is 2.72. The summed E-state index contributed by atoms with van der Waals surface area (Å²) in [7, 11) is 0. The summed E-state index contributed by atoms with van der Waals surface area (Å²) in [4.78, 5) is 12.2. The van der Waals surface area contributed by atoms with Gasteiger partial charge in [-0.25, -0.2) is 0 Å². The van der Waals surface area contributed by atoms with Crippen molar-refractivity contribution in [3.05, 3.63) is 34.3 Å². The van der Waals surface area contributed by atoms with Crippen molar-refractivity contribution >= 4 is 21.7 Å². The van der Waals surface area contributed by atoms with Crippen molar-refractivity contribution in [1.29, 1.82) is 0 Å². The zero-order chi connectivity index (χ0) is 22.0. The summed E-state index contributed by atoms with van der Waals surface area (Å²) in [5.74, 6) is -0.149. The maximum absolute atomic E-state index is 12.2.